The third kappa shape index (κ3) is 4.12. The van der Waals surface area contributed by atoms with Gasteiger partial charge in [0.25, 0.3) is 0 Å². The van der Waals surface area contributed by atoms with Gasteiger partial charge in [0.1, 0.15) is 0 Å². The molecule has 1 saturated carbocycles. The molecule has 0 spiro atoms. The highest BCUT2D eigenvalue weighted by Gasteiger charge is 2.15. The summed E-state index contributed by atoms with van der Waals surface area (Å²) in [7, 11) is 0. The molecule has 0 aromatic heterocycles. The van der Waals surface area contributed by atoms with Gasteiger partial charge >= 0.3 is 0 Å². The zero-order valence-corrected chi connectivity index (χ0v) is 9.84. The van der Waals surface area contributed by atoms with Crippen molar-refractivity contribution >= 4 is 0 Å². The van der Waals surface area contributed by atoms with Gasteiger partial charge in [0.15, 0.2) is 0 Å². The molecule has 2 rings (SSSR count). The summed E-state index contributed by atoms with van der Waals surface area (Å²) in [6, 6.07) is 0. The minimum atomic E-state index is 0.788. The van der Waals surface area contributed by atoms with E-state index in [1.807, 2.05) is 0 Å². The molecular formula is C13H25NO. The SMILES string of the molecule is C1CCC(CCOC[C@H]2CCNC2)CC1. The lowest BCUT2D eigenvalue weighted by Crippen LogP contribution is -2.15. The quantitative estimate of drug-likeness (QED) is 0.706. The minimum Gasteiger partial charge on any atom is -0.381 e. The summed E-state index contributed by atoms with van der Waals surface area (Å²) in [6.07, 6.45) is 9.89. The van der Waals surface area contributed by atoms with Crippen LogP contribution >= 0.6 is 0 Å². The summed E-state index contributed by atoms with van der Waals surface area (Å²) in [5.74, 6) is 1.76. The first-order valence-electron chi connectivity index (χ1n) is 6.73. The summed E-state index contributed by atoms with van der Waals surface area (Å²) in [5.41, 5.74) is 0. The van der Waals surface area contributed by atoms with Crippen LogP contribution in [0.25, 0.3) is 0 Å². The van der Waals surface area contributed by atoms with E-state index in [0.29, 0.717) is 0 Å². The van der Waals surface area contributed by atoms with Crippen LogP contribution in [0.5, 0.6) is 0 Å². The number of rotatable bonds is 5. The first-order valence-corrected chi connectivity index (χ1v) is 6.73. The Labute approximate surface area is 93.8 Å². The van der Waals surface area contributed by atoms with Crippen LogP contribution in [0.15, 0.2) is 0 Å². The number of nitrogens with one attached hydrogen (secondary N) is 1. The molecule has 2 fully saturated rings. The lowest BCUT2D eigenvalue weighted by molar-refractivity contribution is 0.0890. The molecule has 1 aliphatic heterocycles. The molecule has 0 aromatic rings. The van der Waals surface area contributed by atoms with Crippen molar-refractivity contribution in [2.24, 2.45) is 11.8 Å². The molecular weight excluding hydrogens is 186 g/mol. The van der Waals surface area contributed by atoms with Crippen LogP contribution in [0.1, 0.15) is 44.9 Å². The van der Waals surface area contributed by atoms with Gasteiger partial charge in [-0.1, -0.05) is 32.1 Å². The highest BCUT2D eigenvalue weighted by atomic mass is 16.5. The van der Waals surface area contributed by atoms with E-state index in [2.05, 4.69) is 5.32 Å². The molecule has 15 heavy (non-hydrogen) atoms. The summed E-state index contributed by atoms with van der Waals surface area (Å²) in [6.45, 7) is 4.35. The Morgan fingerprint density at radius 3 is 2.60 bits per heavy atom. The molecule has 2 nitrogen and oxygen atoms in total. The monoisotopic (exact) mass is 211 g/mol. The zero-order chi connectivity index (χ0) is 10.3. The Morgan fingerprint density at radius 1 is 1.00 bits per heavy atom. The van der Waals surface area contributed by atoms with Crippen LogP contribution in [0.2, 0.25) is 0 Å². The van der Waals surface area contributed by atoms with E-state index in [9.17, 15) is 0 Å². The maximum absolute atomic E-state index is 5.78. The van der Waals surface area contributed by atoms with Gasteiger partial charge in [0, 0.05) is 13.2 Å². The average molecular weight is 211 g/mol. The molecule has 2 aliphatic rings. The van der Waals surface area contributed by atoms with Gasteiger partial charge < -0.3 is 10.1 Å². The lowest BCUT2D eigenvalue weighted by atomic mass is 9.87. The summed E-state index contributed by atoms with van der Waals surface area (Å²) in [4.78, 5) is 0. The Morgan fingerprint density at radius 2 is 1.87 bits per heavy atom. The Bertz CT molecular complexity index is 160. The highest BCUT2D eigenvalue weighted by Crippen LogP contribution is 2.26. The summed E-state index contributed by atoms with van der Waals surface area (Å²) >= 11 is 0. The molecule has 0 bridgehead atoms. The van der Waals surface area contributed by atoms with Crippen molar-refractivity contribution < 1.29 is 4.74 Å². The summed E-state index contributed by atoms with van der Waals surface area (Å²) < 4.78 is 5.78. The van der Waals surface area contributed by atoms with Crippen LogP contribution in [-0.2, 0) is 4.74 Å². The van der Waals surface area contributed by atoms with Crippen LogP contribution in [0, 0.1) is 11.8 Å². The van der Waals surface area contributed by atoms with E-state index in [1.165, 1.54) is 58.0 Å². The Hall–Kier alpha value is -0.0800. The van der Waals surface area contributed by atoms with Crippen molar-refractivity contribution in [2.75, 3.05) is 26.3 Å². The molecule has 1 heterocycles. The van der Waals surface area contributed by atoms with Gasteiger partial charge in [0.2, 0.25) is 0 Å². The summed E-state index contributed by atoms with van der Waals surface area (Å²) in [5, 5.41) is 3.38. The van der Waals surface area contributed by atoms with Gasteiger partial charge in [0.05, 0.1) is 6.61 Å². The van der Waals surface area contributed by atoms with E-state index in [-0.39, 0.29) is 0 Å². The normalized spacial score (nSPS) is 28.4. The fourth-order valence-corrected chi connectivity index (χ4v) is 2.83. The maximum atomic E-state index is 5.78. The number of hydrogen-bond donors (Lipinski definition) is 1. The van der Waals surface area contributed by atoms with Crippen molar-refractivity contribution in [3.05, 3.63) is 0 Å². The molecule has 88 valence electrons. The average Bonchev–Trinajstić information content (AvgIpc) is 2.79. The second kappa shape index (κ2) is 6.49. The van der Waals surface area contributed by atoms with Crippen molar-refractivity contribution in [1.29, 1.82) is 0 Å². The minimum absolute atomic E-state index is 0.788. The van der Waals surface area contributed by atoms with Crippen molar-refractivity contribution in [3.8, 4) is 0 Å². The van der Waals surface area contributed by atoms with Crippen LogP contribution in [0.4, 0.5) is 0 Å². The molecule has 2 heteroatoms. The molecule has 1 N–H and O–H groups in total. The maximum Gasteiger partial charge on any atom is 0.0506 e. The molecule has 0 radical (unpaired) electrons. The second-order valence-electron chi connectivity index (χ2n) is 5.23. The molecule has 1 aliphatic carbocycles. The largest absolute Gasteiger partial charge is 0.381 e. The highest BCUT2D eigenvalue weighted by molar-refractivity contribution is 4.70. The Kier molecular flexibility index (Phi) is 4.94. The van der Waals surface area contributed by atoms with E-state index >= 15 is 0 Å². The van der Waals surface area contributed by atoms with Gasteiger partial charge in [-0.2, -0.15) is 0 Å². The van der Waals surface area contributed by atoms with E-state index in [4.69, 9.17) is 4.74 Å². The third-order valence-electron chi connectivity index (χ3n) is 3.91. The zero-order valence-electron chi connectivity index (χ0n) is 9.84. The first-order chi connectivity index (χ1) is 7.45. The molecule has 0 unspecified atom stereocenters. The van der Waals surface area contributed by atoms with E-state index in [0.717, 1.165) is 25.0 Å². The van der Waals surface area contributed by atoms with Crippen molar-refractivity contribution in [3.63, 3.8) is 0 Å². The van der Waals surface area contributed by atoms with Crippen LogP contribution < -0.4 is 5.32 Å². The standard InChI is InChI=1S/C13H25NO/c1-2-4-12(5-3-1)7-9-15-11-13-6-8-14-10-13/h12-14H,1-11H2/t13-/m0/s1. The Balaban J connectivity index is 1.47. The van der Waals surface area contributed by atoms with E-state index in [1.54, 1.807) is 0 Å². The van der Waals surface area contributed by atoms with Gasteiger partial charge in [-0.25, -0.2) is 0 Å². The molecule has 1 saturated heterocycles. The first kappa shape index (κ1) is 11.4. The molecule has 0 amide bonds. The smallest absolute Gasteiger partial charge is 0.0506 e. The fraction of sp³-hybridized carbons (Fsp3) is 1.00. The lowest BCUT2D eigenvalue weighted by Gasteiger charge is -2.21. The molecule has 1 atom stereocenters. The predicted molar refractivity (Wildman–Crippen MR) is 63.0 cm³/mol. The second-order valence-corrected chi connectivity index (χ2v) is 5.23. The third-order valence-corrected chi connectivity index (χ3v) is 3.91. The van der Waals surface area contributed by atoms with Crippen LogP contribution in [0.3, 0.4) is 0 Å². The van der Waals surface area contributed by atoms with Gasteiger partial charge in [-0.3, -0.25) is 0 Å². The van der Waals surface area contributed by atoms with Crippen LogP contribution in [-0.4, -0.2) is 26.3 Å². The van der Waals surface area contributed by atoms with Gasteiger partial charge in [-0.05, 0) is 31.2 Å². The number of hydrogen-bond acceptors (Lipinski definition) is 2. The van der Waals surface area contributed by atoms with E-state index < -0.39 is 0 Å². The topological polar surface area (TPSA) is 21.3 Å². The fourth-order valence-electron chi connectivity index (χ4n) is 2.83. The van der Waals surface area contributed by atoms with Gasteiger partial charge in [-0.15, -0.1) is 0 Å². The predicted octanol–water partition coefficient (Wildman–Crippen LogP) is 2.58. The molecule has 0 aromatic carbocycles. The number of ether oxygens (including phenoxy) is 1. The van der Waals surface area contributed by atoms with Crippen molar-refractivity contribution in [1.82, 2.24) is 5.32 Å². The van der Waals surface area contributed by atoms with Crippen molar-refractivity contribution in [2.45, 2.75) is 44.9 Å².